The lowest BCUT2D eigenvalue weighted by Crippen LogP contribution is -2.58. The van der Waals surface area contributed by atoms with Gasteiger partial charge in [0.1, 0.15) is 11.6 Å². The molecular formula is C23H33N3O4. The Labute approximate surface area is 178 Å². The van der Waals surface area contributed by atoms with Gasteiger partial charge in [0.15, 0.2) is 0 Å². The lowest BCUT2D eigenvalue weighted by Gasteiger charge is -2.35. The van der Waals surface area contributed by atoms with E-state index in [0.29, 0.717) is 0 Å². The fourth-order valence-corrected chi connectivity index (χ4v) is 6.11. The molecule has 30 heavy (non-hydrogen) atoms. The average molecular weight is 416 g/mol. The summed E-state index contributed by atoms with van der Waals surface area (Å²) in [4.78, 5) is 42.2. The summed E-state index contributed by atoms with van der Waals surface area (Å²) in [5, 5.41) is 6.23. The molecule has 7 heteroatoms. The van der Waals surface area contributed by atoms with Gasteiger partial charge in [-0.3, -0.25) is 14.4 Å². The van der Waals surface area contributed by atoms with Crippen LogP contribution in [0.4, 0.5) is 0 Å². The van der Waals surface area contributed by atoms with E-state index in [1.807, 2.05) is 39.8 Å². The summed E-state index contributed by atoms with van der Waals surface area (Å²) in [5.41, 5.74) is -2.35. The molecule has 164 valence electrons. The first-order chi connectivity index (χ1) is 14.1. The Morgan fingerprint density at radius 1 is 1.10 bits per heavy atom. The van der Waals surface area contributed by atoms with E-state index in [2.05, 4.69) is 10.6 Å². The number of carbonyl (C=O) groups is 3. The summed E-state index contributed by atoms with van der Waals surface area (Å²) < 4.78 is 6.50. The lowest BCUT2D eigenvalue weighted by atomic mass is 9.70. The zero-order valence-corrected chi connectivity index (χ0v) is 18.4. The highest BCUT2D eigenvalue weighted by Gasteiger charge is 2.77. The van der Waals surface area contributed by atoms with Crippen LogP contribution in [0.5, 0.6) is 0 Å². The number of amides is 3. The molecule has 2 saturated carbocycles. The summed E-state index contributed by atoms with van der Waals surface area (Å²) in [5.74, 6) is -1.67. The second-order valence-corrected chi connectivity index (χ2v) is 11.0. The molecule has 5 atom stereocenters. The van der Waals surface area contributed by atoms with Gasteiger partial charge in [-0.2, -0.15) is 0 Å². The number of fused-ring (bicyclic) bond motifs is 1. The normalized spacial score (nSPS) is 40.2. The number of carbonyl (C=O) groups excluding carboxylic acids is 3. The number of ether oxygens (including phenoxy) is 1. The van der Waals surface area contributed by atoms with Crippen LogP contribution in [0.1, 0.15) is 66.2 Å². The minimum absolute atomic E-state index is 0.0654. The fraction of sp³-hybridized carbons (Fsp3) is 0.783. The number of hydrogen-bond acceptors (Lipinski definition) is 4. The van der Waals surface area contributed by atoms with E-state index in [4.69, 9.17) is 4.74 Å². The predicted octanol–water partition coefficient (Wildman–Crippen LogP) is 1.66. The summed E-state index contributed by atoms with van der Waals surface area (Å²) in [7, 11) is 0. The van der Waals surface area contributed by atoms with Crippen LogP contribution in [-0.2, 0) is 19.1 Å². The van der Waals surface area contributed by atoms with Gasteiger partial charge < -0.3 is 20.3 Å². The van der Waals surface area contributed by atoms with Crippen LogP contribution in [0.3, 0.4) is 0 Å². The Bertz CT molecular complexity index is 823. The molecule has 2 bridgehead atoms. The van der Waals surface area contributed by atoms with Gasteiger partial charge in [0, 0.05) is 17.6 Å². The molecule has 0 radical (unpaired) electrons. The van der Waals surface area contributed by atoms with Crippen LogP contribution in [0.25, 0.3) is 0 Å². The highest BCUT2D eigenvalue weighted by Crippen LogP contribution is 2.61. The third kappa shape index (κ3) is 2.84. The van der Waals surface area contributed by atoms with Gasteiger partial charge in [-0.15, -0.1) is 0 Å². The Morgan fingerprint density at radius 2 is 1.77 bits per heavy atom. The monoisotopic (exact) mass is 415 g/mol. The largest absolute Gasteiger partial charge is 0.356 e. The maximum Gasteiger partial charge on any atom is 0.246 e. The number of likely N-dealkylation sites (tertiary alicyclic amines) is 1. The highest BCUT2D eigenvalue weighted by atomic mass is 16.5. The minimum atomic E-state index is -1.07. The second-order valence-electron chi connectivity index (χ2n) is 11.0. The van der Waals surface area contributed by atoms with Gasteiger partial charge in [-0.1, -0.05) is 25.0 Å². The van der Waals surface area contributed by atoms with E-state index in [0.717, 1.165) is 38.5 Å². The quantitative estimate of drug-likeness (QED) is 0.684. The molecule has 7 nitrogen and oxygen atoms in total. The summed E-state index contributed by atoms with van der Waals surface area (Å²) >= 11 is 0. The van der Waals surface area contributed by atoms with E-state index in [-0.39, 0.29) is 29.8 Å². The first-order valence-electron chi connectivity index (χ1n) is 11.4. The summed E-state index contributed by atoms with van der Waals surface area (Å²) in [6.07, 6.45) is 9.82. The van der Waals surface area contributed by atoms with Crippen molar-refractivity contribution >= 4 is 17.7 Å². The van der Waals surface area contributed by atoms with E-state index in [1.54, 1.807) is 4.90 Å². The molecule has 4 fully saturated rings. The van der Waals surface area contributed by atoms with Gasteiger partial charge in [0.05, 0.1) is 17.4 Å². The molecule has 0 aromatic heterocycles. The van der Waals surface area contributed by atoms with Crippen LogP contribution in [0, 0.1) is 11.8 Å². The number of hydrogen-bond donors (Lipinski definition) is 2. The molecule has 5 aliphatic rings. The molecule has 1 spiro atoms. The average Bonchev–Trinajstić information content (AvgIpc) is 3.00. The van der Waals surface area contributed by atoms with Crippen molar-refractivity contribution < 1.29 is 19.1 Å². The first kappa shape index (κ1) is 20.0. The zero-order valence-electron chi connectivity index (χ0n) is 18.4. The van der Waals surface area contributed by atoms with Crippen LogP contribution >= 0.6 is 0 Å². The standard InChI is InChI=1S/C23H33N3O4/c1-21(2,3)25-19(28)17-23-12-11-22(4,30-23)15(18(27)24-13-7-5-6-8-13)16(23)20(29)26(17)14-9-10-14/h11-17H,5-10H2,1-4H3,(H,24,27)(H,25,28)/t15-,16+,17+,22-,23+/m1/s1. The summed E-state index contributed by atoms with van der Waals surface area (Å²) in [6.45, 7) is 7.67. The van der Waals surface area contributed by atoms with Gasteiger partial charge in [-0.25, -0.2) is 0 Å². The van der Waals surface area contributed by atoms with E-state index in [9.17, 15) is 14.4 Å². The molecule has 2 aliphatic carbocycles. The minimum Gasteiger partial charge on any atom is -0.356 e. The molecule has 5 rings (SSSR count). The van der Waals surface area contributed by atoms with E-state index >= 15 is 0 Å². The molecule has 3 amide bonds. The second kappa shape index (κ2) is 6.31. The summed E-state index contributed by atoms with van der Waals surface area (Å²) in [6, 6.07) is -0.490. The van der Waals surface area contributed by atoms with Crippen molar-refractivity contribution in [3.63, 3.8) is 0 Å². The van der Waals surface area contributed by atoms with Crippen molar-refractivity contribution in [3.05, 3.63) is 12.2 Å². The van der Waals surface area contributed by atoms with Crippen molar-refractivity contribution in [1.82, 2.24) is 15.5 Å². The molecule has 0 unspecified atom stereocenters. The smallest absolute Gasteiger partial charge is 0.246 e. The lowest BCUT2D eigenvalue weighted by molar-refractivity contribution is -0.146. The molecule has 3 aliphatic heterocycles. The van der Waals surface area contributed by atoms with E-state index < -0.39 is 34.6 Å². The van der Waals surface area contributed by atoms with Crippen LogP contribution in [0.15, 0.2) is 12.2 Å². The van der Waals surface area contributed by atoms with Crippen molar-refractivity contribution in [2.75, 3.05) is 0 Å². The Morgan fingerprint density at radius 3 is 2.37 bits per heavy atom. The van der Waals surface area contributed by atoms with Crippen molar-refractivity contribution in [3.8, 4) is 0 Å². The van der Waals surface area contributed by atoms with E-state index in [1.165, 1.54) is 0 Å². The van der Waals surface area contributed by atoms with Crippen LogP contribution in [-0.4, -0.2) is 57.5 Å². The van der Waals surface area contributed by atoms with Gasteiger partial charge in [0.2, 0.25) is 17.7 Å². The van der Waals surface area contributed by atoms with Crippen molar-refractivity contribution in [2.45, 2.75) is 101 Å². The van der Waals surface area contributed by atoms with Crippen LogP contribution < -0.4 is 10.6 Å². The maximum absolute atomic E-state index is 13.7. The zero-order chi connectivity index (χ0) is 21.5. The SMILES string of the molecule is CC(C)(C)NC(=O)[C@@H]1N(C2CC2)C(=O)[C@@H]2[C@H](C(=O)NC3CCCC3)[C@@]3(C)C=C[C@]21O3. The highest BCUT2D eigenvalue weighted by molar-refractivity contribution is 6.00. The molecule has 3 heterocycles. The predicted molar refractivity (Wildman–Crippen MR) is 110 cm³/mol. The Kier molecular flexibility index (Phi) is 4.22. The molecule has 0 aromatic carbocycles. The number of nitrogens with one attached hydrogen (secondary N) is 2. The molecule has 2 N–H and O–H groups in total. The molecule has 2 saturated heterocycles. The van der Waals surface area contributed by atoms with Gasteiger partial charge in [0.25, 0.3) is 0 Å². The number of rotatable bonds is 4. The first-order valence-corrected chi connectivity index (χ1v) is 11.4. The molecular weight excluding hydrogens is 382 g/mol. The van der Waals surface area contributed by atoms with Gasteiger partial charge >= 0.3 is 0 Å². The topological polar surface area (TPSA) is 87.7 Å². The van der Waals surface area contributed by atoms with Gasteiger partial charge in [-0.05, 0) is 53.4 Å². The Balaban J connectivity index is 1.50. The molecule has 0 aromatic rings. The number of nitrogens with zero attached hydrogens (tertiary/aromatic N) is 1. The van der Waals surface area contributed by atoms with Crippen molar-refractivity contribution in [2.24, 2.45) is 11.8 Å². The third-order valence-electron chi connectivity index (χ3n) is 7.41. The fourth-order valence-electron chi connectivity index (χ4n) is 6.11. The maximum atomic E-state index is 13.7. The van der Waals surface area contributed by atoms with Crippen LogP contribution in [0.2, 0.25) is 0 Å². The van der Waals surface area contributed by atoms with Crippen molar-refractivity contribution in [1.29, 1.82) is 0 Å². The Hall–Kier alpha value is -1.89. The third-order valence-corrected chi connectivity index (χ3v) is 7.41.